The van der Waals surface area contributed by atoms with E-state index < -0.39 is 0 Å². The molecule has 1 heterocycles. The summed E-state index contributed by atoms with van der Waals surface area (Å²) in [5.41, 5.74) is 0. The average Bonchev–Trinajstić information content (AvgIpc) is 2.78. The Kier molecular flexibility index (Phi) is 5.65. The van der Waals surface area contributed by atoms with Crippen molar-refractivity contribution in [2.75, 3.05) is 13.6 Å². The second-order valence-electron chi connectivity index (χ2n) is 5.28. The molecule has 0 spiro atoms. The van der Waals surface area contributed by atoms with Gasteiger partial charge < -0.3 is 9.73 Å². The molecule has 102 valence electrons. The van der Waals surface area contributed by atoms with E-state index in [1.54, 1.807) is 0 Å². The van der Waals surface area contributed by atoms with Gasteiger partial charge in [0.25, 0.3) is 0 Å². The molecule has 0 bridgehead atoms. The molecule has 1 aliphatic rings. The Morgan fingerprint density at radius 2 is 1.83 bits per heavy atom. The third-order valence-electron chi connectivity index (χ3n) is 3.75. The van der Waals surface area contributed by atoms with Crippen LogP contribution in [0.3, 0.4) is 0 Å². The first-order valence-corrected chi connectivity index (χ1v) is 7.37. The van der Waals surface area contributed by atoms with Gasteiger partial charge in [0.2, 0.25) is 11.8 Å². The summed E-state index contributed by atoms with van der Waals surface area (Å²) < 4.78 is 5.82. The second-order valence-corrected chi connectivity index (χ2v) is 5.28. The molecular formula is C14H25N3O. The van der Waals surface area contributed by atoms with Crippen molar-refractivity contribution in [1.29, 1.82) is 0 Å². The number of aromatic nitrogens is 2. The Morgan fingerprint density at radius 1 is 1.11 bits per heavy atom. The molecule has 1 fully saturated rings. The summed E-state index contributed by atoms with van der Waals surface area (Å²) in [7, 11) is 1.97. The summed E-state index contributed by atoms with van der Waals surface area (Å²) in [6, 6.07) is 0. The van der Waals surface area contributed by atoms with Crippen LogP contribution in [0, 0.1) is 0 Å². The van der Waals surface area contributed by atoms with Crippen molar-refractivity contribution in [3.05, 3.63) is 11.8 Å². The predicted molar refractivity (Wildman–Crippen MR) is 71.6 cm³/mol. The van der Waals surface area contributed by atoms with E-state index >= 15 is 0 Å². The van der Waals surface area contributed by atoms with Crippen molar-refractivity contribution in [1.82, 2.24) is 15.5 Å². The summed E-state index contributed by atoms with van der Waals surface area (Å²) in [6.07, 6.45) is 11.1. The summed E-state index contributed by atoms with van der Waals surface area (Å²) in [5, 5.41) is 11.6. The zero-order chi connectivity index (χ0) is 12.6. The molecular weight excluding hydrogens is 226 g/mol. The van der Waals surface area contributed by atoms with Gasteiger partial charge in [-0.2, -0.15) is 0 Å². The van der Waals surface area contributed by atoms with Gasteiger partial charge in [-0.25, -0.2) is 0 Å². The van der Waals surface area contributed by atoms with Crippen LogP contribution in [0.4, 0.5) is 0 Å². The van der Waals surface area contributed by atoms with Gasteiger partial charge in [0.05, 0.1) is 0 Å². The van der Waals surface area contributed by atoms with E-state index in [0.29, 0.717) is 5.92 Å². The highest BCUT2D eigenvalue weighted by atomic mass is 16.4. The molecule has 2 rings (SSSR count). The van der Waals surface area contributed by atoms with Crippen LogP contribution < -0.4 is 5.32 Å². The molecule has 0 atom stereocenters. The minimum Gasteiger partial charge on any atom is -0.425 e. The lowest BCUT2D eigenvalue weighted by Crippen LogP contribution is -2.08. The van der Waals surface area contributed by atoms with Crippen molar-refractivity contribution in [3.8, 4) is 0 Å². The van der Waals surface area contributed by atoms with E-state index in [0.717, 1.165) is 31.2 Å². The van der Waals surface area contributed by atoms with Gasteiger partial charge in [-0.3, -0.25) is 0 Å². The van der Waals surface area contributed by atoms with Gasteiger partial charge >= 0.3 is 0 Å². The fourth-order valence-corrected chi connectivity index (χ4v) is 2.65. The largest absolute Gasteiger partial charge is 0.425 e. The molecule has 0 aromatic carbocycles. The topological polar surface area (TPSA) is 51.0 Å². The quantitative estimate of drug-likeness (QED) is 0.817. The molecule has 0 unspecified atom stereocenters. The minimum absolute atomic E-state index is 0.510. The lowest BCUT2D eigenvalue weighted by Gasteiger charge is -2.15. The lowest BCUT2D eigenvalue weighted by molar-refractivity contribution is 0.361. The molecule has 0 radical (unpaired) electrons. The Bertz CT molecular complexity index is 330. The molecule has 4 heteroatoms. The maximum atomic E-state index is 5.82. The maximum absolute atomic E-state index is 5.82. The molecule has 0 amide bonds. The van der Waals surface area contributed by atoms with Crippen LogP contribution in [-0.2, 0) is 6.42 Å². The fourth-order valence-electron chi connectivity index (χ4n) is 2.65. The SMILES string of the molecule is CNCCCc1nnc(C2CCCCCCC2)o1. The smallest absolute Gasteiger partial charge is 0.219 e. The second kappa shape index (κ2) is 7.52. The number of hydrogen-bond donors (Lipinski definition) is 1. The monoisotopic (exact) mass is 251 g/mol. The number of hydrogen-bond acceptors (Lipinski definition) is 4. The van der Waals surface area contributed by atoms with E-state index in [2.05, 4.69) is 15.5 Å². The number of aryl methyl sites for hydroxylation is 1. The van der Waals surface area contributed by atoms with E-state index in [9.17, 15) is 0 Å². The van der Waals surface area contributed by atoms with Gasteiger partial charge in [0.1, 0.15) is 0 Å². The van der Waals surface area contributed by atoms with Gasteiger partial charge in [0.15, 0.2) is 0 Å². The fraction of sp³-hybridized carbons (Fsp3) is 0.857. The van der Waals surface area contributed by atoms with E-state index in [1.807, 2.05) is 7.05 Å². The molecule has 4 nitrogen and oxygen atoms in total. The van der Waals surface area contributed by atoms with Crippen LogP contribution in [0.1, 0.15) is 69.1 Å². The standard InChI is InChI=1S/C14H25N3O/c1-15-11-7-10-13-16-17-14(18-13)12-8-5-3-2-4-6-9-12/h12,15H,2-11H2,1H3. The zero-order valence-corrected chi connectivity index (χ0v) is 11.5. The van der Waals surface area contributed by atoms with Crippen molar-refractivity contribution in [2.45, 2.75) is 63.7 Å². The molecule has 1 aromatic rings. The van der Waals surface area contributed by atoms with Crippen molar-refractivity contribution < 1.29 is 4.42 Å². The van der Waals surface area contributed by atoms with Crippen LogP contribution in [0.2, 0.25) is 0 Å². The molecule has 1 aromatic heterocycles. The van der Waals surface area contributed by atoms with Crippen molar-refractivity contribution in [3.63, 3.8) is 0 Å². The van der Waals surface area contributed by atoms with Gasteiger partial charge in [-0.15, -0.1) is 10.2 Å². The normalized spacial score (nSPS) is 18.5. The van der Waals surface area contributed by atoms with Crippen molar-refractivity contribution in [2.24, 2.45) is 0 Å². The maximum Gasteiger partial charge on any atom is 0.219 e. The van der Waals surface area contributed by atoms with Crippen LogP contribution >= 0.6 is 0 Å². The molecule has 0 aliphatic heterocycles. The summed E-state index contributed by atoms with van der Waals surface area (Å²) in [6.45, 7) is 1.00. The Hall–Kier alpha value is -0.900. The van der Waals surface area contributed by atoms with Gasteiger partial charge in [-0.1, -0.05) is 32.1 Å². The third kappa shape index (κ3) is 4.09. The number of nitrogens with one attached hydrogen (secondary N) is 1. The van der Waals surface area contributed by atoms with Crippen LogP contribution in [0.5, 0.6) is 0 Å². The van der Waals surface area contributed by atoms with Crippen molar-refractivity contribution >= 4 is 0 Å². The summed E-state index contributed by atoms with van der Waals surface area (Å²) in [4.78, 5) is 0. The first kappa shape index (κ1) is 13.5. The van der Waals surface area contributed by atoms with Crippen LogP contribution in [0.15, 0.2) is 4.42 Å². The van der Waals surface area contributed by atoms with Gasteiger partial charge in [0, 0.05) is 12.3 Å². The molecule has 1 saturated carbocycles. The first-order valence-electron chi connectivity index (χ1n) is 7.37. The zero-order valence-electron chi connectivity index (χ0n) is 11.5. The Labute approximate surface area is 110 Å². The Balaban J connectivity index is 1.86. The molecule has 18 heavy (non-hydrogen) atoms. The van der Waals surface area contributed by atoms with Crippen LogP contribution in [-0.4, -0.2) is 23.8 Å². The highest BCUT2D eigenvalue weighted by Crippen LogP contribution is 2.30. The highest BCUT2D eigenvalue weighted by molar-refractivity contribution is 4.92. The molecule has 0 saturated heterocycles. The number of rotatable bonds is 5. The first-order chi connectivity index (χ1) is 8.90. The van der Waals surface area contributed by atoms with E-state index in [1.165, 1.54) is 44.9 Å². The van der Waals surface area contributed by atoms with Crippen LogP contribution in [0.25, 0.3) is 0 Å². The van der Waals surface area contributed by atoms with E-state index in [4.69, 9.17) is 4.42 Å². The van der Waals surface area contributed by atoms with Gasteiger partial charge in [-0.05, 0) is 32.9 Å². The summed E-state index contributed by atoms with van der Waals surface area (Å²) >= 11 is 0. The average molecular weight is 251 g/mol. The minimum atomic E-state index is 0.510. The lowest BCUT2D eigenvalue weighted by atomic mass is 9.91. The van der Waals surface area contributed by atoms with E-state index in [-0.39, 0.29) is 0 Å². The summed E-state index contributed by atoms with van der Waals surface area (Å²) in [5.74, 6) is 2.20. The number of nitrogens with zero attached hydrogens (tertiary/aromatic N) is 2. The molecule has 1 N–H and O–H groups in total. The predicted octanol–water partition coefficient (Wildman–Crippen LogP) is 3.05. The third-order valence-corrected chi connectivity index (χ3v) is 3.75. The molecule has 1 aliphatic carbocycles. The highest BCUT2D eigenvalue weighted by Gasteiger charge is 2.19. The Morgan fingerprint density at radius 3 is 2.56 bits per heavy atom.